The number of aliphatic hydroxyl groups is 1. The molecule has 0 radical (unpaired) electrons. The predicted molar refractivity (Wildman–Crippen MR) is 98.9 cm³/mol. The summed E-state index contributed by atoms with van der Waals surface area (Å²) in [5, 5.41) is 19.5. The van der Waals surface area contributed by atoms with Crippen molar-refractivity contribution < 1.29 is 29.2 Å². The van der Waals surface area contributed by atoms with Crippen LogP contribution in [0.2, 0.25) is 0 Å². The molecule has 0 spiro atoms. The fourth-order valence-electron chi connectivity index (χ4n) is 3.03. The van der Waals surface area contributed by atoms with Crippen LogP contribution in [0.1, 0.15) is 23.5 Å². The summed E-state index contributed by atoms with van der Waals surface area (Å²) >= 11 is 0. The van der Waals surface area contributed by atoms with E-state index in [9.17, 15) is 10.2 Å². The quantitative estimate of drug-likeness (QED) is 0.714. The first-order valence-corrected chi connectivity index (χ1v) is 8.34. The van der Waals surface area contributed by atoms with E-state index in [1.54, 1.807) is 33.5 Å². The SMILES string of the molecule is COc1ccc(CC(CCO)c2cc(OC)c(OC)c(OC)c2)cc1O. The molecule has 6 nitrogen and oxygen atoms in total. The number of hydrogen-bond donors (Lipinski definition) is 2. The third-order valence-corrected chi connectivity index (χ3v) is 4.36. The standard InChI is InChI=1S/C20H26O6/c1-23-17-6-5-13(10-16(17)22)9-14(7-8-21)15-11-18(24-2)20(26-4)19(12-15)25-3/h5-6,10-12,14,21-22H,7-9H2,1-4H3. The Morgan fingerprint density at radius 1 is 0.846 bits per heavy atom. The lowest BCUT2D eigenvalue weighted by molar-refractivity contribution is 0.274. The molecule has 2 rings (SSSR count). The maximum absolute atomic E-state index is 10.0. The molecule has 2 aromatic rings. The normalized spacial score (nSPS) is 11.7. The van der Waals surface area contributed by atoms with Crippen LogP contribution in [-0.4, -0.2) is 45.3 Å². The van der Waals surface area contributed by atoms with Crippen molar-refractivity contribution in [1.29, 1.82) is 0 Å². The van der Waals surface area contributed by atoms with Gasteiger partial charge >= 0.3 is 0 Å². The van der Waals surface area contributed by atoms with Crippen LogP contribution in [0.4, 0.5) is 0 Å². The Kier molecular flexibility index (Phi) is 6.97. The smallest absolute Gasteiger partial charge is 0.203 e. The monoisotopic (exact) mass is 362 g/mol. The Labute approximate surface area is 153 Å². The highest BCUT2D eigenvalue weighted by Crippen LogP contribution is 2.41. The first-order chi connectivity index (χ1) is 12.6. The molecule has 1 atom stereocenters. The van der Waals surface area contributed by atoms with Crippen molar-refractivity contribution >= 4 is 0 Å². The van der Waals surface area contributed by atoms with E-state index in [1.807, 2.05) is 18.2 Å². The van der Waals surface area contributed by atoms with E-state index in [1.165, 1.54) is 7.11 Å². The van der Waals surface area contributed by atoms with E-state index in [0.717, 1.165) is 11.1 Å². The van der Waals surface area contributed by atoms with Crippen molar-refractivity contribution in [3.63, 3.8) is 0 Å². The van der Waals surface area contributed by atoms with Crippen LogP contribution >= 0.6 is 0 Å². The molecule has 0 heterocycles. The molecule has 6 heteroatoms. The molecule has 0 aromatic heterocycles. The minimum absolute atomic E-state index is 0.0153. The van der Waals surface area contributed by atoms with Gasteiger partial charge in [-0.25, -0.2) is 0 Å². The molecule has 0 fully saturated rings. The van der Waals surface area contributed by atoms with Crippen molar-refractivity contribution in [3.8, 4) is 28.7 Å². The van der Waals surface area contributed by atoms with Gasteiger partial charge in [0.1, 0.15) is 0 Å². The number of aromatic hydroxyl groups is 1. The molecule has 0 bridgehead atoms. The van der Waals surface area contributed by atoms with Gasteiger partial charge in [0.25, 0.3) is 0 Å². The largest absolute Gasteiger partial charge is 0.504 e. The molecule has 0 aliphatic heterocycles. The van der Waals surface area contributed by atoms with Crippen molar-refractivity contribution in [2.24, 2.45) is 0 Å². The maximum Gasteiger partial charge on any atom is 0.203 e. The molecule has 0 saturated heterocycles. The van der Waals surface area contributed by atoms with Gasteiger partial charge in [0.15, 0.2) is 23.0 Å². The minimum Gasteiger partial charge on any atom is -0.504 e. The average molecular weight is 362 g/mol. The summed E-state index contributed by atoms with van der Waals surface area (Å²) in [6.45, 7) is 0.0451. The molecule has 0 amide bonds. The lowest BCUT2D eigenvalue weighted by Crippen LogP contribution is -2.07. The van der Waals surface area contributed by atoms with Gasteiger partial charge in [-0.05, 0) is 54.2 Å². The van der Waals surface area contributed by atoms with Crippen LogP contribution in [0.15, 0.2) is 30.3 Å². The van der Waals surface area contributed by atoms with Gasteiger partial charge in [-0.3, -0.25) is 0 Å². The van der Waals surface area contributed by atoms with Crippen LogP contribution < -0.4 is 18.9 Å². The minimum atomic E-state index is 0.0153. The van der Waals surface area contributed by atoms with Gasteiger partial charge in [-0.15, -0.1) is 0 Å². The van der Waals surface area contributed by atoms with E-state index in [2.05, 4.69) is 0 Å². The second kappa shape index (κ2) is 9.20. The van der Waals surface area contributed by atoms with Crippen LogP contribution in [0.3, 0.4) is 0 Å². The van der Waals surface area contributed by atoms with Crippen LogP contribution in [0, 0.1) is 0 Å². The van der Waals surface area contributed by atoms with E-state index in [4.69, 9.17) is 18.9 Å². The number of methoxy groups -OCH3 is 4. The number of benzene rings is 2. The first-order valence-electron chi connectivity index (χ1n) is 8.34. The second-order valence-corrected chi connectivity index (χ2v) is 5.88. The van der Waals surface area contributed by atoms with Gasteiger partial charge in [-0.2, -0.15) is 0 Å². The van der Waals surface area contributed by atoms with Gasteiger partial charge in [0.2, 0.25) is 5.75 Å². The summed E-state index contributed by atoms with van der Waals surface area (Å²) in [5.41, 5.74) is 1.90. The van der Waals surface area contributed by atoms with E-state index >= 15 is 0 Å². The highest BCUT2D eigenvalue weighted by atomic mass is 16.5. The maximum atomic E-state index is 10.0. The molecule has 0 aliphatic carbocycles. The Bertz CT molecular complexity index is 703. The van der Waals surface area contributed by atoms with E-state index in [-0.39, 0.29) is 18.3 Å². The Balaban J connectivity index is 2.38. The summed E-state index contributed by atoms with van der Waals surface area (Å²) in [6.07, 6.45) is 1.20. The molecule has 1 unspecified atom stereocenters. The molecular formula is C20H26O6. The Morgan fingerprint density at radius 3 is 1.92 bits per heavy atom. The van der Waals surface area contributed by atoms with Crippen LogP contribution in [-0.2, 0) is 6.42 Å². The zero-order valence-electron chi connectivity index (χ0n) is 15.6. The third-order valence-electron chi connectivity index (χ3n) is 4.36. The Hall–Kier alpha value is -2.60. The van der Waals surface area contributed by atoms with Crippen LogP contribution in [0.5, 0.6) is 28.7 Å². The fourth-order valence-corrected chi connectivity index (χ4v) is 3.03. The lowest BCUT2D eigenvalue weighted by Gasteiger charge is -2.20. The number of hydrogen-bond acceptors (Lipinski definition) is 6. The van der Waals surface area contributed by atoms with Gasteiger partial charge < -0.3 is 29.2 Å². The number of phenolic OH excluding ortho intramolecular Hbond substituents is 1. The highest BCUT2D eigenvalue weighted by Gasteiger charge is 2.19. The molecule has 2 N–H and O–H groups in total. The molecule has 142 valence electrons. The highest BCUT2D eigenvalue weighted by molar-refractivity contribution is 5.54. The van der Waals surface area contributed by atoms with Crippen molar-refractivity contribution in [2.45, 2.75) is 18.8 Å². The molecular weight excluding hydrogens is 336 g/mol. The lowest BCUT2D eigenvalue weighted by atomic mass is 9.89. The van der Waals surface area contributed by atoms with Gasteiger partial charge in [0, 0.05) is 6.61 Å². The molecule has 2 aromatic carbocycles. The Morgan fingerprint density at radius 2 is 1.46 bits per heavy atom. The number of aliphatic hydroxyl groups excluding tert-OH is 1. The number of rotatable bonds is 9. The first kappa shape index (κ1) is 19.7. The zero-order valence-corrected chi connectivity index (χ0v) is 15.6. The molecule has 0 aliphatic rings. The number of ether oxygens (including phenoxy) is 4. The van der Waals surface area contributed by atoms with Crippen LogP contribution in [0.25, 0.3) is 0 Å². The van der Waals surface area contributed by atoms with Gasteiger partial charge in [-0.1, -0.05) is 6.07 Å². The van der Waals surface area contributed by atoms with Crippen molar-refractivity contribution in [2.75, 3.05) is 35.0 Å². The van der Waals surface area contributed by atoms with Gasteiger partial charge in [0.05, 0.1) is 28.4 Å². The summed E-state index contributed by atoms with van der Waals surface area (Å²) in [4.78, 5) is 0. The molecule has 0 saturated carbocycles. The van der Waals surface area contributed by atoms with Crippen molar-refractivity contribution in [3.05, 3.63) is 41.5 Å². The second-order valence-electron chi connectivity index (χ2n) is 5.88. The fraction of sp³-hybridized carbons (Fsp3) is 0.400. The predicted octanol–water partition coefficient (Wildman–Crippen LogP) is 3.14. The third kappa shape index (κ3) is 4.32. The zero-order chi connectivity index (χ0) is 19.1. The molecule has 26 heavy (non-hydrogen) atoms. The summed E-state index contributed by atoms with van der Waals surface area (Å²) < 4.78 is 21.3. The van der Waals surface area contributed by atoms with E-state index in [0.29, 0.717) is 35.8 Å². The summed E-state index contributed by atoms with van der Waals surface area (Å²) in [6, 6.07) is 9.11. The summed E-state index contributed by atoms with van der Waals surface area (Å²) in [7, 11) is 6.22. The number of phenols is 1. The van der Waals surface area contributed by atoms with E-state index < -0.39 is 0 Å². The topological polar surface area (TPSA) is 77.4 Å². The average Bonchev–Trinajstić information content (AvgIpc) is 2.66. The van der Waals surface area contributed by atoms with Crippen molar-refractivity contribution in [1.82, 2.24) is 0 Å². The summed E-state index contributed by atoms with van der Waals surface area (Å²) in [5.74, 6) is 2.22.